The van der Waals surface area contributed by atoms with Crippen LogP contribution in [0.25, 0.3) is 23.1 Å². The van der Waals surface area contributed by atoms with Gasteiger partial charge in [-0.15, -0.1) is 0 Å². The van der Waals surface area contributed by atoms with Crippen molar-refractivity contribution in [3.05, 3.63) is 70.1 Å². The molecule has 0 atom stereocenters. The van der Waals surface area contributed by atoms with Crippen LogP contribution in [0, 0.1) is 0 Å². The van der Waals surface area contributed by atoms with E-state index in [-0.39, 0.29) is 12.2 Å². The average molecular weight is 292 g/mol. The smallest absolute Gasteiger partial charge is 0.231 e. The fourth-order valence-corrected chi connectivity index (χ4v) is 2.40. The summed E-state index contributed by atoms with van der Waals surface area (Å²) in [6.07, 6.45) is 3.64. The van der Waals surface area contributed by atoms with Crippen molar-refractivity contribution in [3.63, 3.8) is 0 Å². The van der Waals surface area contributed by atoms with E-state index >= 15 is 0 Å². The maximum Gasteiger partial charge on any atom is 0.231 e. The van der Waals surface area contributed by atoms with E-state index < -0.39 is 0 Å². The lowest BCUT2D eigenvalue weighted by Gasteiger charge is -1.99. The van der Waals surface area contributed by atoms with Gasteiger partial charge in [-0.1, -0.05) is 24.3 Å². The first kappa shape index (κ1) is 12.7. The molecule has 3 aromatic rings. The Kier molecular flexibility index (Phi) is 2.93. The SMILES string of the molecule is O=c1cc(C=Cc2ccc3c(c2)OCO3)oc2ccccc12. The second-order valence-corrected chi connectivity index (χ2v) is 4.96. The lowest BCUT2D eigenvalue weighted by atomic mass is 10.1. The molecule has 4 nitrogen and oxygen atoms in total. The highest BCUT2D eigenvalue weighted by molar-refractivity contribution is 5.78. The molecule has 0 saturated carbocycles. The van der Waals surface area contributed by atoms with Gasteiger partial charge < -0.3 is 13.9 Å². The van der Waals surface area contributed by atoms with Gasteiger partial charge in [-0.2, -0.15) is 0 Å². The second kappa shape index (κ2) is 5.07. The standard InChI is InChI=1S/C18H12O4/c19-15-10-13(22-16-4-2-1-3-14(15)16)7-5-12-6-8-17-18(9-12)21-11-20-17/h1-10H,11H2. The van der Waals surface area contributed by atoms with E-state index in [4.69, 9.17) is 13.9 Å². The molecule has 0 spiro atoms. The second-order valence-electron chi connectivity index (χ2n) is 4.96. The van der Waals surface area contributed by atoms with Crippen LogP contribution in [0.1, 0.15) is 11.3 Å². The predicted octanol–water partition coefficient (Wildman–Crippen LogP) is 3.69. The highest BCUT2D eigenvalue weighted by Crippen LogP contribution is 2.32. The van der Waals surface area contributed by atoms with Crippen LogP contribution in [-0.2, 0) is 0 Å². The molecule has 1 aliphatic rings. The fraction of sp³-hybridized carbons (Fsp3) is 0.0556. The van der Waals surface area contributed by atoms with E-state index in [9.17, 15) is 4.79 Å². The van der Waals surface area contributed by atoms with E-state index in [2.05, 4.69) is 0 Å². The zero-order valence-electron chi connectivity index (χ0n) is 11.6. The van der Waals surface area contributed by atoms with Crippen molar-refractivity contribution in [2.75, 3.05) is 6.79 Å². The minimum atomic E-state index is -0.0489. The first-order valence-electron chi connectivity index (χ1n) is 6.90. The summed E-state index contributed by atoms with van der Waals surface area (Å²) in [5.74, 6) is 1.98. The molecule has 0 N–H and O–H groups in total. The van der Waals surface area contributed by atoms with Gasteiger partial charge in [0.25, 0.3) is 0 Å². The number of hydrogen-bond acceptors (Lipinski definition) is 4. The van der Waals surface area contributed by atoms with Gasteiger partial charge in [0.2, 0.25) is 6.79 Å². The van der Waals surface area contributed by atoms with Gasteiger partial charge in [-0.3, -0.25) is 4.79 Å². The number of rotatable bonds is 2. The molecule has 0 saturated heterocycles. The van der Waals surface area contributed by atoms with Gasteiger partial charge in [-0.25, -0.2) is 0 Å². The molecule has 1 aliphatic heterocycles. The third-order valence-corrected chi connectivity index (χ3v) is 3.49. The Labute approximate surface area is 126 Å². The number of benzene rings is 2. The summed E-state index contributed by atoms with van der Waals surface area (Å²) in [5, 5.41) is 0.586. The van der Waals surface area contributed by atoms with Crippen molar-refractivity contribution in [1.29, 1.82) is 0 Å². The first-order valence-corrected chi connectivity index (χ1v) is 6.90. The number of ether oxygens (including phenoxy) is 2. The van der Waals surface area contributed by atoms with Crippen LogP contribution >= 0.6 is 0 Å². The van der Waals surface area contributed by atoms with E-state index in [0.29, 0.717) is 16.7 Å². The third kappa shape index (κ3) is 2.24. The predicted molar refractivity (Wildman–Crippen MR) is 84.0 cm³/mol. The quantitative estimate of drug-likeness (QED) is 0.722. The molecule has 0 fully saturated rings. The Bertz CT molecular complexity index is 937. The Hall–Kier alpha value is -3.01. The van der Waals surface area contributed by atoms with Gasteiger partial charge in [0, 0.05) is 6.07 Å². The van der Waals surface area contributed by atoms with E-state index in [0.717, 1.165) is 17.1 Å². The monoisotopic (exact) mass is 292 g/mol. The normalized spacial score (nSPS) is 13.1. The van der Waals surface area contributed by atoms with Crippen LogP contribution in [0.5, 0.6) is 11.5 Å². The molecule has 2 heterocycles. The van der Waals surface area contributed by atoms with Crippen molar-refractivity contribution >= 4 is 23.1 Å². The number of fused-ring (bicyclic) bond motifs is 2. The minimum absolute atomic E-state index is 0.0489. The molecule has 4 heteroatoms. The largest absolute Gasteiger partial charge is 0.456 e. The van der Waals surface area contributed by atoms with Crippen molar-refractivity contribution in [2.24, 2.45) is 0 Å². The van der Waals surface area contributed by atoms with Crippen LogP contribution in [0.2, 0.25) is 0 Å². The van der Waals surface area contributed by atoms with Crippen LogP contribution < -0.4 is 14.9 Å². The lowest BCUT2D eigenvalue weighted by molar-refractivity contribution is 0.174. The Morgan fingerprint density at radius 2 is 1.77 bits per heavy atom. The number of hydrogen-bond donors (Lipinski definition) is 0. The summed E-state index contributed by atoms with van der Waals surface area (Å²) in [6.45, 7) is 0.252. The zero-order chi connectivity index (χ0) is 14.9. The molecule has 0 bridgehead atoms. The summed E-state index contributed by atoms with van der Waals surface area (Å²) < 4.78 is 16.3. The molecular formula is C18H12O4. The molecule has 22 heavy (non-hydrogen) atoms. The molecule has 0 aliphatic carbocycles. The first-order chi connectivity index (χ1) is 10.8. The Morgan fingerprint density at radius 1 is 0.909 bits per heavy atom. The van der Waals surface area contributed by atoms with E-state index in [1.54, 1.807) is 18.2 Å². The lowest BCUT2D eigenvalue weighted by Crippen LogP contribution is -1.99. The van der Waals surface area contributed by atoms with Crippen LogP contribution in [-0.4, -0.2) is 6.79 Å². The van der Waals surface area contributed by atoms with Crippen molar-refractivity contribution in [1.82, 2.24) is 0 Å². The molecule has 0 amide bonds. The zero-order valence-corrected chi connectivity index (χ0v) is 11.6. The highest BCUT2D eigenvalue weighted by atomic mass is 16.7. The summed E-state index contributed by atoms with van der Waals surface area (Å²) >= 11 is 0. The van der Waals surface area contributed by atoms with Gasteiger partial charge in [0.05, 0.1) is 5.39 Å². The summed E-state index contributed by atoms with van der Waals surface area (Å²) in [4.78, 5) is 12.0. The van der Waals surface area contributed by atoms with Crippen LogP contribution in [0.3, 0.4) is 0 Å². The maximum absolute atomic E-state index is 12.0. The molecule has 0 unspecified atom stereocenters. The Morgan fingerprint density at radius 3 is 2.73 bits per heavy atom. The van der Waals surface area contributed by atoms with Crippen molar-refractivity contribution in [3.8, 4) is 11.5 Å². The molecule has 108 valence electrons. The van der Waals surface area contributed by atoms with E-state index in [1.165, 1.54) is 6.07 Å². The molecule has 2 aromatic carbocycles. The van der Waals surface area contributed by atoms with Crippen molar-refractivity contribution < 1.29 is 13.9 Å². The summed E-state index contributed by atoms with van der Waals surface area (Å²) in [6, 6.07) is 14.4. The average Bonchev–Trinajstić information content (AvgIpc) is 3.00. The molecule has 4 rings (SSSR count). The maximum atomic E-state index is 12.0. The summed E-state index contributed by atoms with van der Waals surface area (Å²) in [7, 11) is 0. The molecular weight excluding hydrogens is 280 g/mol. The Balaban J connectivity index is 1.69. The topological polar surface area (TPSA) is 48.7 Å². The molecule has 1 aromatic heterocycles. The molecule has 0 radical (unpaired) electrons. The van der Waals surface area contributed by atoms with Gasteiger partial charge >= 0.3 is 0 Å². The van der Waals surface area contributed by atoms with Crippen LogP contribution in [0.15, 0.2) is 57.7 Å². The minimum Gasteiger partial charge on any atom is -0.456 e. The van der Waals surface area contributed by atoms with Crippen molar-refractivity contribution in [2.45, 2.75) is 0 Å². The third-order valence-electron chi connectivity index (χ3n) is 3.49. The van der Waals surface area contributed by atoms with Gasteiger partial charge in [0.1, 0.15) is 11.3 Å². The van der Waals surface area contributed by atoms with Gasteiger partial charge in [0.15, 0.2) is 16.9 Å². The number of para-hydroxylation sites is 1. The van der Waals surface area contributed by atoms with Gasteiger partial charge in [-0.05, 0) is 35.9 Å². The highest BCUT2D eigenvalue weighted by Gasteiger charge is 2.12. The fourth-order valence-electron chi connectivity index (χ4n) is 2.40. The summed E-state index contributed by atoms with van der Waals surface area (Å²) in [5.41, 5.74) is 1.48. The van der Waals surface area contributed by atoms with Crippen LogP contribution in [0.4, 0.5) is 0 Å². The van der Waals surface area contributed by atoms with E-state index in [1.807, 2.05) is 36.4 Å².